The van der Waals surface area contributed by atoms with Crippen molar-refractivity contribution in [3.05, 3.63) is 35.4 Å². The van der Waals surface area contributed by atoms with Crippen molar-refractivity contribution in [2.45, 2.75) is 13.3 Å². The van der Waals surface area contributed by atoms with E-state index < -0.39 is 29.6 Å². The monoisotopic (exact) mass is 300 g/mol. The second-order valence-electron chi connectivity index (χ2n) is 4.85. The van der Waals surface area contributed by atoms with Crippen LogP contribution in [-0.2, 0) is 11.2 Å². The first-order valence-electron chi connectivity index (χ1n) is 6.47. The molecular weight excluding hydrogens is 282 g/mol. The van der Waals surface area contributed by atoms with Gasteiger partial charge in [0.2, 0.25) is 0 Å². The summed E-state index contributed by atoms with van der Waals surface area (Å²) in [5, 5.41) is 11.3. The van der Waals surface area contributed by atoms with E-state index in [-0.39, 0.29) is 13.1 Å². The molecule has 0 bridgehead atoms. The Bertz CT molecular complexity index is 523. The maximum absolute atomic E-state index is 13.0. The number of nitrogens with zero attached hydrogens (tertiary/aromatic N) is 1. The highest BCUT2D eigenvalue weighted by Crippen LogP contribution is 2.08. The Labute approximate surface area is 121 Å². The highest BCUT2D eigenvalue weighted by atomic mass is 19.2. The minimum atomic E-state index is -0.976. The summed E-state index contributed by atoms with van der Waals surface area (Å²) in [6.07, 6.45) is 0.352. The van der Waals surface area contributed by atoms with Gasteiger partial charge in [-0.25, -0.2) is 13.6 Å². The maximum Gasteiger partial charge on any atom is 0.317 e. The van der Waals surface area contributed by atoms with E-state index in [1.165, 1.54) is 24.9 Å². The number of aliphatic carboxylic acids is 1. The number of carboxylic acid groups (broad SMARTS) is 1. The Morgan fingerprint density at radius 3 is 2.57 bits per heavy atom. The summed E-state index contributed by atoms with van der Waals surface area (Å²) in [6.45, 7) is 1.84. The van der Waals surface area contributed by atoms with E-state index in [0.29, 0.717) is 12.0 Å². The maximum atomic E-state index is 13.0. The first kappa shape index (κ1) is 16.9. The number of hydrogen-bond acceptors (Lipinski definition) is 2. The summed E-state index contributed by atoms with van der Waals surface area (Å²) < 4.78 is 25.7. The third kappa shape index (κ3) is 5.37. The molecule has 1 aromatic rings. The van der Waals surface area contributed by atoms with Crippen molar-refractivity contribution < 1.29 is 23.5 Å². The number of benzene rings is 1. The molecule has 0 aliphatic carbocycles. The Morgan fingerprint density at radius 1 is 1.33 bits per heavy atom. The highest BCUT2D eigenvalue weighted by molar-refractivity contribution is 5.75. The zero-order valence-electron chi connectivity index (χ0n) is 11.9. The molecule has 116 valence electrons. The fourth-order valence-corrected chi connectivity index (χ4v) is 1.72. The number of amides is 2. The second kappa shape index (κ2) is 7.56. The molecule has 1 rings (SSSR count). The summed E-state index contributed by atoms with van der Waals surface area (Å²) in [5.74, 6) is -3.47. The van der Waals surface area contributed by atoms with Crippen LogP contribution in [0.4, 0.5) is 13.6 Å². The lowest BCUT2D eigenvalue weighted by molar-refractivity contribution is -0.141. The van der Waals surface area contributed by atoms with Crippen molar-refractivity contribution >= 4 is 12.0 Å². The molecule has 2 amide bonds. The third-order valence-corrected chi connectivity index (χ3v) is 2.99. The van der Waals surface area contributed by atoms with Crippen LogP contribution in [0.1, 0.15) is 12.5 Å². The van der Waals surface area contributed by atoms with E-state index in [4.69, 9.17) is 5.11 Å². The van der Waals surface area contributed by atoms with E-state index in [9.17, 15) is 18.4 Å². The van der Waals surface area contributed by atoms with Crippen LogP contribution >= 0.6 is 0 Å². The van der Waals surface area contributed by atoms with Crippen LogP contribution in [0, 0.1) is 17.6 Å². The van der Waals surface area contributed by atoms with Gasteiger partial charge in [0, 0.05) is 20.1 Å². The molecule has 21 heavy (non-hydrogen) atoms. The molecule has 0 fully saturated rings. The van der Waals surface area contributed by atoms with Gasteiger partial charge in [-0.05, 0) is 24.1 Å². The van der Waals surface area contributed by atoms with Gasteiger partial charge < -0.3 is 15.3 Å². The fraction of sp³-hybridized carbons (Fsp3) is 0.429. The number of halogens is 2. The molecule has 0 heterocycles. The normalized spacial score (nSPS) is 11.8. The van der Waals surface area contributed by atoms with Crippen LogP contribution in [0.25, 0.3) is 0 Å². The van der Waals surface area contributed by atoms with Gasteiger partial charge in [0.25, 0.3) is 0 Å². The van der Waals surface area contributed by atoms with Gasteiger partial charge in [0.05, 0.1) is 5.92 Å². The smallest absolute Gasteiger partial charge is 0.317 e. The van der Waals surface area contributed by atoms with E-state index in [0.717, 1.165) is 12.1 Å². The van der Waals surface area contributed by atoms with Crippen molar-refractivity contribution in [3.8, 4) is 0 Å². The van der Waals surface area contributed by atoms with Crippen LogP contribution in [0.15, 0.2) is 18.2 Å². The van der Waals surface area contributed by atoms with Gasteiger partial charge in [0.15, 0.2) is 11.6 Å². The van der Waals surface area contributed by atoms with Gasteiger partial charge in [-0.2, -0.15) is 0 Å². The molecule has 1 atom stereocenters. The number of hydrogen-bond donors (Lipinski definition) is 2. The molecule has 0 aliphatic rings. The lowest BCUT2D eigenvalue weighted by Crippen LogP contribution is -2.41. The summed E-state index contributed by atoms with van der Waals surface area (Å²) in [5.41, 5.74) is 0.566. The van der Waals surface area contributed by atoms with Crippen molar-refractivity contribution in [3.63, 3.8) is 0 Å². The SMILES string of the molecule is CC(CN(C)C(=O)NCCc1ccc(F)c(F)c1)C(=O)O. The summed E-state index contributed by atoms with van der Waals surface area (Å²) in [6, 6.07) is 3.15. The zero-order valence-corrected chi connectivity index (χ0v) is 11.9. The molecule has 7 heteroatoms. The van der Waals surface area contributed by atoms with Gasteiger partial charge in [-0.15, -0.1) is 0 Å². The molecule has 2 N–H and O–H groups in total. The van der Waals surface area contributed by atoms with Crippen molar-refractivity contribution in [2.24, 2.45) is 5.92 Å². The first-order valence-corrected chi connectivity index (χ1v) is 6.47. The van der Waals surface area contributed by atoms with Crippen LogP contribution in [0.5, 0.6) is 0 Å². The van der Waals surface area contributed by atoms with Gasteiger partial charge in [-0.3, -0.25) is 4.79 Å². The average Bonchev–Trinajstić information content (AvgIpc) is 2.42. The quantitative estimate of drug-likeness (QED) is 0.842. The van der Waals surface area contributed by atoms with E-state index in [1.54, 1.807) is 0 Å². The number of nitrogens with one attached hydrogen (secondary N) is 1. The minimum absolute atomic E-state index is 0.0896. The van der Waals surface area contributed by atoms with Crippen LogP contribution < -0.4 is 5.32 Å². The Kier molecular flexibility index (Phi) is 6.08. The number of urea groups is 1. The standard InChI is InChI=1S/C14H18F2N2O3/c1-9(13(19)20)8-18(2)14(21)17-6-5-10-3-4-11(15)12(16)7-10/h3-4,7,9H,5-6,8H2,1-2H3,(H,17,21)(H,19,20). The minimum Gasteiger partial charge on any atom is -0.481 e. The lowest BCUT2D eigenvalue weighted by Gasteiger charge is -2.20. The predicted molar refractivity (Wildman–Crippen MR) is 72.9 cm³/mol. The highest BCUT2D eigenvalue weighted by Gasteiger charge is 2.16. The topological polar surface area (TPSA) is 69.6 Å². The first-order chi connectivity index (χ1) is 9.81. The van der Waals surface area contributed by atoms with Crippen molar-refractivity contribution in [1.29, 1.82) is 0 Å². The molecule has 0 spiro atoms. The number of rotatable bonds is 6. The van der Waals surface area contributed by atoms with E-state index >= 15 is 0 Å². The molecule has 1 aromatic carbocycles. The molecule has 0 aliphatic heterocycles. The largest absolute Gasteiger partial charge is 0.481 e. The van der Waals surface area contributed by atoms with Gasteiger partial charge >= 0.3 is 12.0 Å². The molecule has 0 aromatic heterocycles. The average molecular weight is 300 g/mol. The molecule has 0 radical (unpaired) electrons. The third-order valence-electron chi connectivity index (χ3n) is 2.99. The van der Waals surface area contributed by atoms with Crippen molar-refractivity contribution in [1.82, 2.24) is 10.2 Å². The Balaban J connectivity index is 2.39. The summed E-state index contributed by atoms with van der Waals surface area (Å²) >= 11 is 0. The van der Waals surface area contributed by atoms with Crippen LogP contribution in [0.3, 0.4) is 0 Å². The summed E-state index contributed by atoms with van der Waals surface area (Å²) in [7, 11) is 1.49. The molecule has 1 unspecified atom stereocenters. The zero-order chi connectivity index (χ0) is 16.0. The molecular formula is C14H18F2N2O3. The van der Waals surface area contributed by atoms with Crippen LogP contribution in [0.2, 0.25) is 0 Å². The predicted octanol–water partition coefficient (Wildman–Crippen LogP) is 1.87. The number of carbonyl (C=O) groups is 2. The number of carbonyl (C=O) groups excluding carboxylic acids is 1. The van der Waals surface area contributed by atoms with Crippen molar-refractivity contribution in [2.75, 3.05) is 20.1 Å². The number of carboxylic acids is 1. The van der Waals surface area contributed by atoms with Gasteiger partial charge in [-0.1, -0.05) is 13.0 Å². The van der Waals surface area contributed by atoms with E-state index in [2.05, 4.69) is 5.32 Å². The van der Waals surface area contributed by atoms with E-state index in [1.807, 2.05) is 0 Å². The Morgan fingerprint density at radius 2 is 2.00 bits per heavy atom. The van der Waals surface area contributed by atoms with Crippen LogP contribution in [-0.4, -0.2) is 42.1 Å². The fourth-order valence-electron chi connectivity index (χ4n) is 1.72. The van der Waals surface area contributed by atoms with Gasteiger partial charge in [0.1, 0.15) is 0 Å². The Hall–Kier alpha value is -2.18. The summed E-state index contributed by atoms with van der Waals surface area (Å²) in [4.78, 5) is 23.7. The molecule has 5 nitrogen and oxygen atoms in total. The molecule has 0 saturated carbocycles. The second-order valence-corrected chi connectivity index (χ2v) is 4.85. The molecule has 0 saturated heterocycles. The lowest BCUT2D eigenvalue weighted by atomic mass is 10.1.